The third kappa shape index (κ3) is 5.08. The quantitative estimate of drug-likeness (QED) is 0.812. The van der Waals surface area contributed by atoms with E-state index >= 15 is 0 Å². The fourth-order valence-electron chi connectivity index (χ4n) is 3.32. The van der Waals surface area contributed by atoms with Crippen LogP contribution >= 0.6 is 0 Å². The van der Waals surface area contributed by atoms with Gasteiger partial charge >= 0.3 is 0 Å². The summed E-state index contributed by atoms with van der Waals surface area (Å²) in [5.41, 5.74) is 0.564. The number of aryl methyl sites for hydroxylation is 1. The van der Waals surface area contributed by atoms with E-state index in [4.69, 9.17) is 0 Å². The minimum Gasteiger partial charge on any atom is -0.354 e. The lowest BCUT2D eigenvalue weighted by atomic mass is 9.80. The van der Waals surface area contributed by atoms with Gasteiger partial charge in [0.25, 0.3) is 0 Å². The number of likely N-dealkylation sites (N-methyl/N-ethyl adjacent to an activating group) is 1. The standard InChI is InChI=1S/C19H28N2O2/c1-2-20-18(23)19(14-7-4-8-15-19)21-17(22)13-9-12-16-10-5-3-6-11-16/h3,5-6,10-11H,2,4,7-9,12-15H2,1H3,(H,20,23)(H,21,22). The zero-order valence-corrected chi connectivity index (χ0v) is 14.1. The Labute approximate surface area is 139 Å². The van der Waals surface area contributed by atoms with Gasteiger partial charge < -0.3 is 10.6 Å². The van der Waals surface area contributed by atoms with E-state index in [1.807, 2.05) is 25.1 Å². The van der Waals surface area contributed by atoms with Gasteiger partial charge in [-0.25, -0.2) is 0 Å². The molecule has 0 radical (unpaired) electrons. The maximum absolute atomic E-state index is 12.4. The molecule has 0 bridgehead atoms. The van der Waals surface area contributed by atoms with E-state index in [1.165, 1.54) is 5.56 Å². The zero-order chi connectivity index (χ0) is 16.5. The number of rotatable bonds is 7. The van der Waals surface area contributed by atoms with E-state index in [0.29, 0.717) is 13.0 Å². The van der Waals surface area contributed by atoms with Crippen molar-refractivity contribution in [1.29, 1.82) is 0 Å². The molecule has 1 saturated carbocycles. The molecule has 4 nitrogen and oxygen atoms in total. The van der Waals surface area contributed by atoms with Gasteiger partial charge in [-0.1, -0.05) is 49.6 Å². The normalized spacial score (nSPS) is 16.6. The summed E-state index contributed by atoms with van der Waals surface area (Å²) in [5, 5.41) is 5.94. The average molecular weight is 316 g/mol. The van der Waals surface area contributed by atoms with Crippen molar-refractivity contribution in [3.05, 3.63) is 35.9 Å². The maximum Gasteiger partial charge on any atom is 0.245 e. The predicted molar refractivity (Wildman–Crippen MR) is 92.0 cm³/mol. The van der Waals surface area contributed by atoms with Crippen molar-refractivity contribution in [2.75, 3.05) is 6.54 Å². The summed E-state index contributed by atoms with van der Waals surface area (Å²) in [5.74, 6) is -0.0230. The monoisotopic (exact) mass is 316 g/mol. The first-order chi connectivity index (χ1) is 11.2. The molecule has 2 amide bonds. The van der Waals surface area contributed by atoms with Crippen LogP contribution in [-0.4, -0.2) is 23.9 Å². The highest BCUT2D eigenvalue weighted by Gasteiger charge is 2.40. The number of hydrogen-bond acceptors (Lipinski definition) is 2. The number of carbonyl (C=O) groups is 2. The summed E-state index contributed by atoms with van der Waals surface area (Å²) in [6.45, 7) is 2.51. The molecule has 1 aliphatic rings. The van der Waals surface area contributed by atoms with Gasteiger partial charge in [-0.2, -0.15) is 0 Å². The van der Waals surface area contributed by atoms with E-state index in [2.05, 4.69) is 22.8 Å². The summed E-state index contributed by atoms with van der Waals surface area (Å²) < 4.78 is 0. The van der Waals surface area contributed by atoms with Crippen LogP contribution in [0.25, 0.3) is 0 Å². The highest BCUT2D eigenvalue weighted by Crippen LogP contribution is 2.28. The van der Waals surface area contributed by atoms with Crippen LogP contribution in [0.5, 0.6) is 0 Å². The highest BCUT2D eigenvalue weighted by molar-refractivity contribution is 5.91. The molecular formula is C19H28N2O2. The van der Waals surface area contributed by atoms with Gasteiger partial charge in [0.15, 0.2) is 0 Å². The summed E-state index contributed by atoms with van der Waals surface area (Å²) in [6, 6.07) is 10.2. The van der Waals surface area contributed by atoms with Crippen LogP contribution in [0.4, 0.5) is 0 Å². The Bertz CT molecular complexity index is 507. The van der Waals surface area contributed by atoms with E-state index in [9.17, 15) is 9.59 Å². The van der Waals surface area contributed by atoms with Crippen molar-refractivity contribution in [3.8, 4) is 0 Å². The van der Waals surface area contributed by atoms with E-state index in [0.717, 1.165) is 44.9 Å². The van der Waals surface area contributed by atoms with Crippen molar-refractivity contribution < 1.29 is 9.59 Å². The lowest BCUT2D eigenvalue weighted by molar-refractivity contribution is -0.135. The lowest BCUT2D eigenvalue weighted by Gasteiger charge is -2.36. The molecule has 0 atom stereocenters. The largest absolute Gasteiger partial charge is 0.354 e. The van der Waals surface area contributed by atoms with Crippen LogP contribution in [-0.2, 0) is 16.0 Å². The molecule has 126 valence electrons. The van der Waals surface area contributed by atoms with Crippen molar-refractivity contribution in [1.82, 2.24) is 10.6 Å². The van der Waals surface area contributed by atoms with Gasteiger partial charge in [0.05, 0.1) is 0 Å². The Morgan fingerprint density at radius 2 is 1.78 bits per heavy atom. The minimum absolute atomic E-state index is 0.00548. The molecule has 0 aliphatic heterocycles. The Balaban J connectivity index is 1.86. The molecule has 0 saturated heterocycles. The second-order valence-corrected chi connectivity index (χ2v) is 6.39. The van der Waals surface area contributed by atoms with Crippen LogP contribution in [0.3, 0.4) is 0 Å². The minimum atomic E-state index is -0.682. The van der Waals surface area contributed by atoms with Crippen LogP contribution in [0.15, 0.2) is 30.3 Å². The molecule has 1 aromatic carbocycles. The SMILES string of the molecule is CCNC(=O)C1(NC(=O)CCCc2ccccc2)CCCCC1. The molecule has 0 heterocycles. The van der Waals surface area contributed by atoms with Crippen molar-refractivity contribution >= 4 is 11.8 Å². The number of hydrogen-bond donors (Lipinski definition) is 2. The maximum atomic E-state index is 12.4. The first-order valence-corrected chi connectivity index (χ1v) is 8.79. The molecule has 2 N–H and O–H groups in total. The predicted octanol–water partition coefficient (Wildman–Crippen LogP) is 2.96. The van der Waals surface area contributed by atoms with Gasteiger partial charge in [0.1, 0.15) is 5.54 Å². The summed E-state index contributed by atoms with van der Waals surface area (Å²) >= 11 is 0. The second-order valence-electron chi connectivity index (χ2n) is 6.39. The molecule has 23 heavy (non-hydrogen) atoms. The number of nitrogens with one attached hydrogen (secondary N) is 2. The Hall–Kier alpha value is -1.84. The number of benzene rings is 1. The molecule has 2 rings (SSSR count). The smallest absolute Gasteiger partial charge is 0.245 e. The van der Waals surface area contributed by atoms with Gasteiger partial charge in [-0.15, -0.1) is 0 Å². The van der Waals surface area contributed by atoms with Crippen LogP contribution in [0.2, 0.25) is 0 Å². The van der Waals surface area contributed by atoms with Gasteiger partial charge in [-0.3, -0.25) is 9.59 Å². The van der Waals surface area contributed by atoms with Crippen LogP contribution < -0.4 is 10.6 Å². The van der Waals surface area contributed by atoms with Gasteiger partial charge in [-0.05, 0) is 38.2 Å². The molecular weight excluding hydrogens is 288 g/mol. The van der Waals surface area contributed by atoms with Crippen LogP contribution in [0.1, 0.15) is 57.4 Å². The molecule has 0 spiro atoms. The molecule has 0 aromatic heterocycles. The van der Waals surface area contributed by atoms with E-state index in [-0.39, 0.29) is 11.8 Å². The fourth-order valence-corrected chi connectivity index (χ4v) is 3.32. The third-order valence-electron chi connectivity index (χ3n) is 4.57. The van der Waals surface area contributed by atoms with Gasteiger partial charge in [0, 0.05) is 13.0 Å². The Morgan fingerprint density at radius 1 is 1.09 bits per heavy atom. The van der Waals surface area contributed by atoms with Crippen molar-refractivity contribution in [2.24, 2.45) is 0 Å². The molecule has 1 fully saturated rings. The average Bonchev–Trinajstić information content (AvgIpc) is 2.57. The zero-order valence-electron chi connectivity index (χ0n) is 14.1. The first-order valence-electron chi connectivity index (χ1n) is 8.79. The van der Waals surface area contributed by atoms with Crippen molar-refractivity contribution in [3.63, 3.8) is 0 Å². The number of carbonyl (C=O) groups excluding carboxylic acids is 2. The summed E-state index contributed by atoms with van der Waals surface area (Å²) in [4.78, 5) is 24.7. The van der Waals surface area contributed by atoms with Gasteiger partial charge in [0.2, 0.25) is 11.8 Å². The van der Waals surface area contributed by atoms with E-state index in [1.54, 1.807) is 0 Å². The topological polar surface area (TPSA) is 58.2 Å². The lowest BCUT2D eigenvalue weighted by Crippen LogP contribution is -2.59. The highest BCUT2D eigenvalue weighted by atomic mass is 16.2. The second kappa shape index (κ2) is 8.70. The van der Waals surface area contributed by atoms with Crippen molar-refractivity contribution in [2.45, 2.75) is 63.8 Å². The van der Waals surface area contributed by atoms with E-state index < -0.39 is 5.54 Å². The Morgan fingerprint density at radius 3 is 2.43 bits per heavy atom. The fraction of sp³-hybridized carbons (Fsp3) is 0.579. The molecule has 1 aromatic rings. The number of amides is 2. The molecule has 4 heteroatoms. The Kier molecular flexibility index (Phi) is 6.63. The first kappa shape index (κ1) is 17.5. The van der Waals surface area contributed by atoms with Crippen LogP contribution in [0, 0.1) is 0 Å². The summed E-state index contributed by atoms with van der Waals surface area (Å²) in [7, 11) is 0. The summed E-state index contributed by atoms with van der Waals surface area (Å²) in [6.07, 6.45) is 6.82. The molecule has 0 unspecified atom stereocenters. The third-order valence-corrected chi connectivity index (χ3v) is 4.57. The molecule has 1 aliphatic carbocycles.